The Morgan fingerprint density at radius 2 is 2.38 bits per heavy atom. The fourth-order valence-electron chi connectivity index (χ4n) is 1.36. The molecule has 1 aromatic heterocycles. The van der Waals surface area contributed by atoms with Crippen LogP contribution in [0, 0.1) is 0 Å². The fraction of sp³-hybridized carbons (Fsp3) is 0.600. The lowest BCUT2D eigenvalue weighted by Gasteiger charge is -2.21. The minimum absolute atomic E-state index is 0.0622. The van der Waals surface area contributed by atoms with Crippen molar-refractivity contribution in [2.75, 3.05) is 33.4 Å². The van der Waals surface area contributed by atoms with Crippen LogP contribution in [-0.2, 0) is 11.8 Å². The zero-order chi connectivity index (χ0) is 12.0. The molecule has 0 aliphatic rings. The van der Waals surface area contributed by atoms with Gasteiger partial charge in [-0.05, 0) is 0 Å². The molecular weight excluding hydrogens is 210 g/mol. The predicted octanol–water partition coefficient (Wildman–Crippen LogP) is -0.499. The number of ether oxygens (including phenoxy) is 1. The van der Waals surface area contributed by atoms with Gasteiger partial charge < -0.3 is 19.3 Å². The highest BCUT2D eigenvalue weighted by molar-refractivity contribution is 5.92. The van der Waals surface area contributed by atoms with E-state index in [1.165, 1.54) is 6.20 Å². The largest absolute Gasteiger partial charge is 0.395 e. The van der Waals surface area contributed by atoms with E-state index in [0.717, 1.165) is 0 Å². The van der Waals surface area contributed by atoms with Gasteiger partial charge in [0.25, 0.3) is 5.91 Å². The molecule has 0 unspecified atom stereocenters. The Morgan fingerprint density at radius 3 is 2.88 bits per heavy atom. The third kappa shape index (κ3) is 3.04. The number of methoxy groups -OCH3 is 1. The molecule has 90 valence electrons. The SMILES string of the molecule is COCCN(CCO)C(=O)c1cncn1C. The predicted molar refractivity (Wildman–Crippen MR) is 58.1 cm³/mol. The molecule has 0 aromatic carbocycles. The number of rotatable bonds is 6. The van der Waals surface area contributed by atoms with E-state index < -0.39 is 0 Å². The molecule has 0 aliphatic carbocycles. The number of nitrogens with zero attached hydrogens (tertiary/aromatic N) is 3. The summed E-state index contributed by atoms with van der Waals surface area (Å²) in [6.45, 7) is 1.14. The monoisotopic (exact) mass is 227 g/mol. The number of amides is 1. The van der Waals surface area contributed by atoms with Crippen LogP contribution in [0.3, 0.4) is 0 Å². The summed E-state index contributed by atoms with van der Waals surface area (Å²) in [5.74, 6) is -0.147. The summed E-state index contributed by atoms with van der Waals surface area (Å²) in [4.78, 5) is 17.5. The molecule has 0 radical (unpaired) electrons. The number of aliphatic hydroxyl groups is 1. The van der Waals surface area contributed by atoms with E-state index in [0.29, 0.717) is 25.4 Å². The topological polar surface area (TPSA) is 67.6 Å². The number of aryl methyl sites for hydroxylation is 1. The molecule has 1 amide bonds. The Kier molecular flexibility index (Phi) is 4.94. The lowest BCUT2D eigenvalue weighted by atomic mass is 10.3. The summed E-state index contributed by atoms with van der Waals surface area (Å²) in [7, 11) is 3.33. The van der Waals surface area contributed by atoms with Crippen LogP contribution in [0.5, 0.6) is 0 Å². The molecule has 0 aliphatic heterocycles. The number of hydrogen-bond acceptors (Lipinski definition) is 4. The van der Waals surface area contributed by atoms with Gasteiger partial charge in [-0.15, -0.1) is 0 Å². The third-order valence-electron chi connectivity index (χ3n) is 2.26. The molecule has 1 N–H and O–H groups in total. The van der Waals surface area contributed by atoms with Gasteiger partial charge in [-0.3, -0.25) is 4.79 Å². The summed E-state index contributed by atoms with van der Waals surface area (Å²) >= 11 is 0. The van der Waals surface area contributed by atoms with Crippen molar-refractivity contribution in [3.8, 4) is 0 Å². The average Bonchev–Trinajstić information content (AvgIpc) is 2.69. The van der Waals surface area contributed by atoms with Gasteiger partial charge in [-0.25, -0.2) is 4.98 Å². The Labute approximate surface area is 94.5 Å². The molecule has 0 atom stereocenters. The fourth-order valence-corrected chi connectivity index (χ4v) is 1.36. The van der Waals surface area contributed by atoms with Crippen molar-refractivity contribution < 1.29 is 14.6 Å². The molecule has 0 fully saturated rings. The van der Waals surface area contributed by atoms with Gasteiger partial charge in [0.05, 0.1) is 25.7 Å². The summed E-state index contributed by atoms with van der Waals surface area (Å²) in [5.41, 5.74) is 0.504. The third-order valence-corrected chi connectivity index (χ3v) is 2.26. The molecule has 6 nitrogen and oxygen atoms in total. The Morgan fingerprint density at radius 1 is 1.62 bits per heavy atom. The first-order valence-corrected chi connectivity index (χ1v) is 5.06. The highest BCUT2D eigenvalue weighted by Gasteiger charge is 2.17. The summed E-state index contributed by atoms with van der Waals surface area (Å²) in [6.07, 6.45) is 3.08. The molecule has 1 aromatic rings. The van der Waals surface area contributed by atoms with Crippen LogP contribution in [0.15, 0.2) is 12.5 Å². The first kappa shape index (κ1) is 12.7. The Hall–Kier alpha value is -1.40. The van der Waals surface area contributed by atoms with E-state index in [-0.39, 0.29) is 12.5 Å². The van der Waals surface area contributed by atoms with E-state index in [2.05, 4.69) is 4.98 Å². The van der Waals surface area contributed by atoms with Crippen LogP contribution < -0.4 is 0 Å². The molecular formula is C10H17N3O3. The maximum absolute atomic E-state index is 12.0. The van der Waals surface area contributed by atoms with E-state index >= 15 is 0 Å². The molecule has 0 saturated heterocycles. The average molecular weight is 227 g/mol. The molecule has 0 saturated carbocycles. The standard InChI is InChI=1S/C10H17N3O3/c1-12-8-11-7-9(12)10(15)13(3-5-14)4-6-16-2/h7-8,14H,3-6H2,1-2H3. The normalized spacial score (nSPS) is 10.4. The summed E-state index contributed by atoms with van der Waals surface area (Å²) in [5, 5.41) is 8.89. The number of aromatic nitrogens is 2. The number of carbonyl (C=O) groups excluding carboxylic acids is 1. The van der Waals surface area contributed by atoms with Crippen molar-refractivity contribution >= 4 is 5.91 Å². The lowest BCUT2D eigenvalue weighted by Crippen LogP contribution is -2.37. The van der Waals surface area contributed by atoms with Crippen molar-refractivity contribution in [3.05, 3.63) is 18.2 Å². The van der Waals surface area contributed by atoms with E-state index in [9.17, 15) is 4.79 Å². The lowest BCUT2D eigenvalue weighted by molar-refractivity contribution is 0.0647. The second-order valence-corrected chi connectivity index (χ2v) is 3.40. The highest BCUT2D eigenvalue weighted by Crippen LogP contribution is 2.03. The zero-order valence-corrected chi connectivity index (χ0v) is 9.59. The molecule has 6 heteroatoms. The number of imidazole rings is 1. The van der Waals surface area contributed by atoms with Gasteiger partial charge in [0, 0.05) is 27.2 Å². The van der Waals surface area contributed by atoms with Crippen molar-refractivity contribution in [2.45, 2.75) is 0 Å². The van der Waals surface area contributed by atoms with Crippen LogP contribution in [0.1, 0.15) is 10.5 Å². The van der Waals surface area contributed by atoms with E-state index in [1.54, 1.807) is 30.0 Å². The smallest absolute Gasteiger partial charge is 0.272 e. The minimum Gasteiger partial charge on any atom is -0.395 e. The minimum atomic E-state index is -0.147. The van der Waals surface area contributed by atoms with Crippen LogP contribution in [0.2, 0.25) is 0 Å². The van der Waals surface area contributed by atoms with Gasteiger partial charge in [0.1, 0.15) is 5.69 Å². The zero-order valence-electron chi connectivity index (χ0n) is 9.59. The molecule has 1 rings (SSSR count). The first-order chi connectivity index (χ1) is 7.70. The van der Waals surface area contributed by atoms with Crippen molar-refractivity contribution in [2.24, 2.45) is 7.05 Å². The quantitative estimate of drug-likeness (QED) is 0.711. The molecule has 1 heterocycles. The van der Waals surface area contributed by atoms with Crippen LogP contribution in [0.25, 0.3) is 0 Å². The number of hydrogen-bond donors (Lipinski definition) is 1. The first-order valence-electron chi connectivity index (χ1n) is 5.06. The molecule has 0 bridgehead atoms. The van der Waals surface area contributed by atoms with Gasteiger partial charge in [-0.2, -0.15) is 0 Å². The van der Waals surface area contributed by atoms with Crippen LogP contribution in [-0.4, -0.2) is 58.9 Å². The van der Waals surface area contributed by atoms with Crippen molar-refractivity contribution in [1.82, 2.24) is 14.5 Å². The Bertz CT molecular complexity index is 338. The maximum Gasteiger partial charge on any atom is 0.272 e. The number of carbonyl (C=O) groups is 1. The van der Waals surface area contributed by atoms with Crippen LogP contribution in [0.4, 0.5) is 0 Å². The Balaban J connectivity index is 2.70. The second-order valence-electron chi connectivity index (χ2n) is 3.40. The van der Waals surface area contributed by atoms with Gasteiger partial charge in [0.2, 0.25) is 0 Å². The maximum atomic E-state index is 12.0. The van der Waals surface area contributed by atoms with Gasteiger partial charge >= 0.3 is 0 Å². The van der Waals surface area contributed by atoms with Crippen molar-refractivity contribution in [1.29, 1.82) is 0 Å². The highest BCUT2D eigenvalue weighted by atomic mass is 16.5. The molecule has 16 heavy (non-hydrogen) atoms. The van der Waals surface area contributed by atoms with Crippen LogP contribution >= 0.6 is 0 Å². The number of aliphatic hydroxyl groups excluding tert-OH is 1. The molecule has 0 spiro atoms. The van der Waals surface area contributed by atoms with E-state index in [1.807, 2.05) is 0 Å². The van der Waals surface area contributed by atoms with Gasteiger partial charge in [0.15, 0.2) is 0 Å². The summed E-state index contributed by atoms with van der Waals surface area (Å²) < 4.78 is 6.57. The van der Waals surface area contributed by atoms with E-state index in [4.69, 9.17) is 9.84 Å². The van der Waals surface area contributed by atoms with Crippen molar-refractivity contribution in [3.63, 3.8) is 0 Å². The summed E-state index contributed by atoms with van der Waals surface area (Å²) in [6, 6.07) is 0. The van der Waals surface area contributed by atoms with Gasteiger partial charge in [-0.1, -0.05) is 0 Å². The second kappa shape index (κ2) is 6.24.